The quantitative estimate of drug-likeness (QED) is 0.678. The molecule has 1 aliphatic heterocycles. The zero-order chi connectivity index (χ0) is 18.2. The monoisotopic (exact) mass is 340 g/mol. The van der Waals surface area contributed by atoms with Gasteiger partial charge in [-0.05, 0) is 32.9 Å². The average Bonchev–Trinajstić information content (AvgIpc) is 2.53. The van der Waals surface area contributed by atoms with Gasteiger partial charge < -0.3 is 10.1 Å². The summed E-state index contributed by atoms with van der Waals surface area (Å²) >= 11 is 0. The number of ether oxygens (including phenoxy) is 1. The normalized spacial score (nSPS) is 18.0. The fourth-order valence-electron chi connectivity index (χ4n) is 3.23. The van der Waals surface area contributed by atoms with E-state index in [1.54, 1.807) is 13.0 Å². The summed E-state index contributed by atoms with van der Waals surface area (Å²) < 4.78 is 5.97. The number of nitro groups is 1. The van der Waals surface area contributed by atoms with Crippen LogP contribution in [0.2, 0.25) is 0 Å². The minimum absolute atomic E-state index is 0.0552. The van der Waals surface area contributed by atoms with Crippen LogP contribution < -0.4 is 10.1 Å². The number of carbonyl (C=O) groups is 1. The highest BCUT2D eigenvalue weighted by molar-refractivity contribution is 5.96. The fraction of sp³-hybridized carbons (Fsp3) is 0.316. The van der Waals surface area contributed by atoms with Crippen LogP contribution >= 0.6 is 0 Å². The van der Waals surface area contributed by atoms with Gasteiger partial charge in [-0.2, -0.15) is 0 Å². The lowest BCUT2D eigenvalue weighted by Gasteiger charge is -2.37. The van der Waals surface area contributed by atoms with Crippen LogP contribution in [0, 0.1) is 17.0 Å². The van der Waals surface area contributed by atoms with E-state index in [1.807, 2.05) is 38.1 Å². The molecule has 0 saturated heterocycles. The van der Waals surface area contributed by atoms with Gasteiger partial charge in [-0.25, -0.2) is 0 Å². The number of amides is 1. The zero-order valence-electron chi connectivity index (χ0n) is 14.4. The number of fused-ring (bicyclic) bond motifs is 1. The molecule has 1 N–H and O–H groups in total. The second-order valence-corrected chi connectivity index (χ2v) is 6.84. The van der Waals surface area contributed by atoms with E-state index in [0.717, 1.165) is 11.3 Å². The van der Waals surface area contributed by atoms with E-state index in [-0.39, 0.29) is 17.6 Å². The number of hydrogen-bond acceptors (Lipinski definition) is 4. The molecule has 1 heterocycles. The first-order valence-corrected chi connectivity index (χ1v) is 8.11. The van der Waals surface area contributed by atoms with Crippen molar-refractivity contribution in [1.29, 1.82) is 0 Å². The van der Waals surface area contributed by atoms with Gasteiger partial charge in [0.05, 0.1) is 11.0 Å². The smallest absolute Gasteiger partial charge is 0.273 e. The fourth-order valence-corrected chi connectivity index (χ4v) is 3.23. The summed E-state index contributed by atoms with van der Waals surface area (Å²) in [5.74, 6) is 0.429. The summed E-state index contributed by atoms with van der Waals surface area (Å²) in [6.07, 6.45) is 0.615. The molecule has 1 amide bonds. The van der Waals surface area contributed by atoms with Crippen molar-refractivity contribution in [1.82, 2.24) is 5.32 Å². The Hall–Kier alpha value is -2.89. The summed E-state index contributed by atoms with van der Waals surface area (Å²) in [6, 6.07) is 11.9. The lowest BCUT2D eigenvalue weighted by molar-refractivity contribution is -0.385. The Morgan fingerprint density at radius 1 is 1.24 bits per heavy atom. The van der Waals surface area contributed by atoms with Crippen LogP contribution in [0.1, 0.15) is 47.8 Å². The Morgan fingerprint density at radius 2 is 1.96 bits per heavy atom. The Kier molecular flexibility index (Phi) is 4.20. The number of nitrogens with one attached hydrogen (secondary N) is 1. The molecule has 0 spiro atoms. The molecule has 1 aliphatic rings. The Morgan fingerprint density at radius 3 is 2.68 bits per heavy atom. The van der Waals surface area contributed by atoms with Gasteiger partial charge in [-0.1, -0.05) is 24.3 Å². The first-order valence-electron chi connectivity index (χ1n) is 8.11. The van der Waals surface area contributed by atoms with Crippen molar-refractivity contribution in [3.8, 4) is 5.75 Å². The van der Waals surface area contributed by atoms with Crippen molar-refractivity contribution in [3.63, 3.8) is 0 Å². The zero-order valence-corrected chi connectivity index (χ0v) is 14.4. The van der Waals surface area contributed by atoms with Crippen molar-refractivity contribution in [3.05, 3.63) is 69.3 Å². The molecular formula is C19H20N2O4. The van der Waals surface area contributed by atoms with E-state index in [9.17, 15) is 14.9 Å². The SMILES string of the molecule is Cc1c(C(=O)NC2CC(C)(C)Oc3ccccc32)cccc1[N+](=O)[O-]. The van der Waals surface area contributed by atoms with E-state index >= 15 is 0 Å². The van der Waals surface area contributed by atoms with Crippen LogP contribution in [-0.4, -0.2) is 16.4 Å². The molecule has 0 saturated carbocycles. The highest BCUT2D eigenvalue weighted by Crippen LogP contribution is 2.39. The van der Waals surface area contributed by atoms with Crippen molar-refractivity contribution in [2.24, 2.45) is 0 Å². The molecule has 2 aromatic rings. The summed E-state index contributed by atoms with van der Waals surface area (Å²) in [7, 11) is 0. The van der Waals surface area contributed by atoms with Crippen molar-refractivity contribution < 1.29 is 14.5 Å². The molecule has 25 heavy (non-hydrogen) atoms. The van der Waals surface area contributed by atoms with Gasteiger partial charge in [0.2, 0.25) is 0 Å². The number of nitrogens with zero attached hydrogens (tertiary/aromatic N) is 1. The van der Waals surface area contributed by atoms with E-state index in [4.69, 9.17) is 4.74 Å². The van der Waals surface area contributed by atoms with Crippen LogP contribution in [0.15, 0.2) is 42.5 Å². The molecule has 1 atom stereocenters. The molecule has 0 aromatic heterocycles. The van der Waals surface area contributed by atoms with Crippen LogP contribution in [0.5, 0.6) is 5.75 Å². The molecule has 0 radical (unpaired) electrons. The van der Waals surface area contributed by atoms with Crippen LogP contribution in [0.25, 0.3) is 0 Å². The maximum atomic E-state index is 12.8. The number of benzene rings is 2. The molecule has 3 rings (SSSR count). The van der Waals surface area contributed by atoms with Crippen molar-refractivity contribution in [2.45, 2.75) is 38.8 Å². The van der Waals surface area contributed by atoms with Gasteiger partial charge in [0, 0.05) is 29.2 Å². The van der Waals surface area contributed by atoms with E-state index in [0.29, 0.717) is 17.5 Å². The van der Waals surface area contributed by atoms with E-state index in [2.05, 4.69) is 5.32 Å². The Labute approximate surface area is 146 Å². The molecular weight excluding hydrogens is 320 g/mol. The van der Waals surface area contributed by atoms with Gasteiger partial charge in [-0.3, -0.25) is 14.9 Å². The maximum Gasteiger partial charge on any atom is 0.273 e. The number of carbonyl (C=O) groups excluding carboxylic acids is 1. The van der Waals surface area contributed by atoms with Crippen LogP contribution in [-0.2, 0) is 0 Å². The Balaban J connectivity index is 1.91. The Bertz CT molecular complexity index is 845. The van der Waals surface area contributed by atoms with Crippen molar-refractivity contribution in [2.75, 3.05) is 0 Å². The predicted molar refractivity (Wildman–Crippen MR) is 93.8 cm³/mol. The highest BCUT2D eigenvalue weighted by Gasteiger charge is 2.34. The summed E-state index contributed by atoms with van der Waals surface area (Å²) in [5.41, 5.74) is 1.13. The van der Waals surface area contributed by atoms with Gasteiger partial charge in [0.25, 0.3) is 11.6 Å². The number of rotatable bonds is 3. The van der Waals surface area contributed by atoms with E-state index < -0.39 is 10.5 Å². The highest BCUT2D eigenvalue weighted by atomic mass is 16.6. The molecule has 2 aromatic carbocycles. The lowest BCUT2D eigenvalue weighted by Crippen LogP contribution is -2.41. The molecule has 6 heteroatoms. The predicted octanol–water partition coefficient (Wildman–Crippen LogP) is 3.94. The minimum atomic E-state index is -0.473. The third kappa shape index (κ3) is 3.33. The van der Waals surface area contributed by atoms with Gasteiger partial charge >= 0.3 is 0 Å². The molecule has 0 aliphatic carbocycles. The first-order chi connectivity index (χ1) is 11.8. The van der Waals surface area contributed by atoms with Crippen LogP contribution in [0.3, 0.4) is 0 Å². The number of para-hydroxylation sites is 1. The van der Waals surface area contributed by atoms with Crippen LogP contribution in [0.4, 0.5) is 5.69 Å². The standard InChI is InChI=1S/C19H20N2O4/c1-12-13(8-6-9-16(12)21(23)24)18(22)20-15-11-19(2,3)25-17-10-5-4-7-14(15)17/h4-10,15H,11H2,1-3H3,(H,20,22). The number of hydrogen-bond donors (Lipinski definition) is 1. The molecule has 1 unspecified atom stereocenters. The third-order valence-corrected chi connectivity index (χ3v) is 4.43. The first kappa shape index (κ1) is 17.0. The second-order valence-electron chi connectivity index (χ2n) is 6.84. The van der Waals surface area contributed by atoms with E-state index in [1.165, 1.54) is 12.1 Å². The summed E-state index contributed by atoms with van der Waals surface area (Å²) in [5, 5.41) is 14.1. The summed E-state index contributed by atoms with van der Waals surface area (Å²) in [6.45, 7) is 5.54. The second kappa shape index (κ2) is 6.20. The number of nitro benzene ring substituents is 1. The molecule has 6 nitrogen and oxygen atoms in total. The third-order valence-electron chi connectivity index (χ3n) is 4.43. The molecule has 0 fully saturated rings. The molecule has 0 bridgehead atoms. The summed E-state index contributed by atoms with van der Waals surface area (Å²) in [4.78, 5) is 23.4. The average molecular weight is 340 g/mol. The van der Waals surface area contributed by atoms with Gasteiger partial charge in [0.15, 0.2) is 0 Å². The molecule has 130 valence electrons. The van der Waals surface area contributed by atoms with Gasteiger partial charge in [-0.15, -0.1) is 0 Å². The minimum Gasteiger partial charge on any atom is -0.487 e. The van der Waals surface area contributed by atoms with Gasteiger partial charge in [0.1, 0.15) is 11.4 Å². The maximum absolute atomic E-state index is 12.8. The largest absolute Gasteiger partial charge is 0.487 e. The van der Waals surface area contributed by atoms with Crippen molar-refractivity contribution >= 4 is 11.6 Å². The lowest BCUT2D eigenvalue weighted by atomic mass is 9.89. The topological polar surface area (TPSA) is 81.5 Å².